The second-order valence-corrected chi connectivity index (χ2v) is 4.49. The van der Waals surface area contributed by atoms with E-state index in [0.717, 1.165) is 0 Å². The number of hydrogen-bond donors (Lipinski definition) is 1. The van der Waals surface area contributed by atoms with Gasteiger partial charge in [0.1, 0.15) is 0 Å². The third-order valence-corrected chi connectivity index (χ3v) is 3.34. The van der Waals surface area contributed by atoms with Crippen LogP contribution in [0.15, 0.2) is 42.5 Å². The summed E-state index contributed by atoms with van der Waals surface area (Å²) < 4.78 is 0. The van der Waals surface area contributed by atoms with Crippen LogP contribution in [-0.4, -0.2) is 16.7 Å². The van der Waals surface area contributed by atoms with Crippen molar-refractivity contribution >= 4 is 11.6 Å². The van der Waals surface area contributed by atoms with Crippen molar-refractivity contribution in [2.24, 2.45) is 0 Å². The lowest BCUT2D eigenvalue weighted by molar-refractivity contribution is 0.0975. The maximum atomic E-state index is 12.5. The van der Waals surface area contributed by atoms with Crippen molar-refractivity contribution in [1.29, 1.82) is 0 Å². The summed E-state index contributed by atoms with van der Waals surface area (Å²) in [4.78, 5) is 24.9. The van der Waals surface area contributed by atoms with Gasteiger partial charge < -0.3 is 5.11 Å². The molecule has 0 bridgehead atoms. The summed E-state index contributed by atoms with van der Waals surface area (Å²) in [6.07, 6.45) is -1.03. The van der Waals surface area contributed by atoms with Crippen molar-refractivity contribution < 1.29 is 14.7 Å². The Morgan fingerprint density at radius 3 is 2.05 bits per heavy atom. The summed E-state index contributed by atoms with van der Waals surface area (Å²) in [6, 6.07) is 11.6. The predicted octanol–water partition coefficient (Wildman–Crippen LogP) is 2.33. The highest BCUT2D eigenvalue weighted by molar-refractivity contribution is 6.28. The molecule has 0 saturated carbocycles. The molecule has 1 radical (unpaired) electrons. The predicted molar refractivity (Wildman–Crippen MR) is 70.1 cm³/mol. The largest absolute Gasteiger partial charge is 0.388 e. The Labute approximate surface area is 110 Å². The zero-order valence-electron chi connectivity index (χ0n) is 10.1. The molecule has 3 heteroatoms. The minimum Gasteiger partial charge on any atom is -0.388 e. The molecule has 0 spiro atoms. The maximum Gasteiger partial charge on any atom is 0.194 e. The zero-order valence-corrected chi connectivity index (χ0v) is 10.1. The molecule has 1 N–H and O–H groups in total. The average Bonchev–Trinajstić information content (AvgIpc) is 2.44. The van der Waals surface area contributed by atoms with Gasteiger partial charge in [-0.2, -0.15) is 0 Å². The number of hydrogen-bond acceptors (Lipinski definition) is 3. The van der Waals surface area contributed by atoms with Crippen LogP contribution in [0.5, 0.6) is 0 Å². The van der Waals surface area contributed by atoms with E-state index in [9.17, 15) is 14.7 Å². The standard InChI is InChI=1S/C16H11O3/c1-9(17)10-7-4-8-13-14(10)16(19)12-6-3-2-5-11(12)15(13)18/h2-9,17H,1H2. The summed E-state index contributed by atoms with van der Waals surface area (Å²) in [6.45, 7) is 3.52. The summed E-state index contributed by atoms with van der Waals surface area (Å²) in [7, 11) is 0. The van der Waals surface area contributed by atoms with Gasteiger partial charge in [-0.1, -0.05) is 42.5 Å². The van der Waals surface area contributed by atoms with Gasteiger partial charge >= 0.3 is 0 Å². The molecule has 0 aromatic heterocycles. The fourth-order valence-corrected chi connectivity index (χ4v) is 2.45. The van der Waals surface area contributed by atoms with Gasteiger partial charge in [0, 0.05) is 22.3 Å². The Morgan fingerprint density at radius 2 is 1.42 bits per heavy atom. The van der Waals surface area contributed by atoms with Gasteiger partial charge in [0.15, 0.2) is 11.6 Å². The van der Waals surface area contributed by atoms with Crippen LogP contribution in [-0.2, 0) is 0 Å². The van der Waals surface area contributed by atoms with Crippen LogP contribution in [0, 0.1) is 6.92 Å². The zero-order chi connectivity index (χ0) is 13.6. The molecule has 0 fully saturated rings. The number of carbonyl (C=O) groups excluding carboxylic acids is 2. The van der Waals surface area contributed by atoms with E-state index in [-0.39, 0.29) is 17.1 Å². The monoisotopic (exact) mass is 251 g/mol. The van der Waals surface area contributed by atoms with Crippen molar-refractivity contribution in [3.63, 3.8) is 0 Å². The average molecular weight is 251 g/mol. The summed E-state index contributed by atoms with van der Waals surface area (Å²) in [5.74, 6) is -0.420. The van der Waals surface area contributed by atoms with Crippen molar-refractivity contribution in [2.75, 3.05) is 0 Å². The molecule has 3 rings (SSSR count). The molecule has 1 unspecified atom stereocenters. The van der Waals surface area contributed by atoms with Crippen molar-refractivity contribution in [2.45, 2.75) is 6.10 Å². The van der Waals surface area contributed by atoms with E-state index < -0.39 is 6.10 Å². The lowest BCUT2D eigenvalue weighted by atomic mass is 9.81. The van der Waals surface area contributed by atoms with Gasteiger partial charge in [-0.15, -0.1) is 0 Å². The van der Waals surface area contributed by atoms with Crippen molar-refractivity contribution in [3.8, 4) is 0 Å². The number of rotatable bonds is 1. The SMILES string of the molecule is [CH2]C(O)c1cccc2c1C(=O)c1ccccc1C2=O. The molecule has 0 aliphatic heterocycles. The van der Waals surface area contributed by atoms with Gasteiger partial charge in [-0.05, 0) is 12.5 Å². The summed E-state index contributed by atoms with van der Waals surface area (Å²) in [5.41, 5.74) is 1.80. The van der Waals surface area contributed by atoms with E-state index in [4.69, 9.17) is 0 Å². The van der Waals surface area contributed by atoms with Gasteiger partial charge in [-0.3, -0.25) is 9.59 Å². The fraction of sp³-hybridized carbons (Fsp3) is 0.0625. The first-order valence-corrected chi connectivity index (χ1v) is 5.93. The number of aliphatic hydroxyl groups is 1. The van der Waals surface area contributed by atoms with Crippen LogP contribution in [0.3, 0.4) is 0 Å². The Hall–Kier alpha value is -2.26. The maximum absolute atomic E-state index is 12.5. The highest BCUT2D eigenvalue weighted by Crippen LogP contribution is 2.31. The fourth-order valence-electron chi connectivity index (χ4n) is 2.45. The van der Waals surface area contributed by atoms with Crippen LogP contribution in [0.4, 0.5) is 0 Å². The lowest BCUT2D eigenvalue weighted by Gasteiger charge is -2.20. The number of ketones is 2. The molecular formula is C16H11O3. The third-order valence-electron chi connectivity index (χ3n) is 3.34. The van der Waals surface area contributed by atoms with Crippen molar-refractivity contribution in [3.05, 3.63) is 77.2 Å². The highest BCUT2D eigenvalue weighted by Gasteiger charge is 2.31. The summed E-state index contributed by atoms with van der Waals surface area (Å²) >= 11 is 0. The number of fused-ring (bicyclic) bond motifs is 2. The van der Waals surface area contributed by atoms with E-state index in [1.54, 1.807) is 42.5 Å². The Bertz CT molecular complexity index is 699. The first-order valence-electron chi connectivity index (χ1n) is 5.93. The second-order valence-electron chi connectivity index (χ2n) is 4.49. The second kappa shape index (κ2) is 4.14. The molecule has 0 saturated heterocycles. The van der Waals surface area contributed by atoms with Gasteiger partial charge in [0.2, 0.25) is 0 Å². The molecule has 1 aliphatic carbocycles. The minimum atomic E-state index is -1.03. The Morgan fingerprint density at radius 1 is 0.842 bits per heavy atom. The minimum absolute atomic E-state index is 0.187. The van der Waals surface area contributed by atoms with E-state index >= 15 is 0 Å². The quantitative estimate of drug-likeness (QED) is 0.722. The smallest absolute Gasteiger partial charge is 0.194 e. The van der Waals surface area contributed by atoms with Gasteiger partial charge in [-0.25, -0.2) is 0 Å². The van der Waals surface area contributed by atoms with E-state index in [1.165, 1.54) is 0 Å². The molecule has 1 atom stereocenters. The molecule has 2 aromatic rings. The molecule has 93 valence electrons. The Balaban J connectivity index is 2.33. The Kier molecular flexibility index (Phi) is 2.57. The molecule has 1 aliphatic rings. The van der Waals surface area contributed by atoms with Crippen LogP contribution in [0.1, 0.15) is 43.5 Å². The molecule has 2 aromatic carbocycles. The van der Waals surface area contributed by atoms with Crippen LogP contribution in [0.25, 0.3) is 0 Å². The molecule has 19 heavy (non-hydrogen) atoms. The molecule has 0 heterocycles. The normalized spacial score (nSPS) is 14.8. The first kappa shape index (κ1) is 11.8. The third kappa shape index (κ3) is 1.63. The van der Waals surface area contributed by atoms with Crippen LogP contribution >= 0.6 is 0 Å². The molecule has 0 amide bonds. The lowest BCUT2D eigenvalue weighted by Crippen LogP contribution is -2.23. The first-order chi connectivity index (χ1) is 9.11. The van der Waals surface area contributed by atoms with Crippen molar-refractivity contribution in [1.82, 2.24) is 0 Å². The highest BCUT2D eigenvalue weighted by atomic mass is 16.3. The molecule has 3 nitrogen and oxygen atoms in total. The number of carbonyl (C=O) groups is 2. The van der Waals surface area contributed by atoms with Crippen LogP contribution in [0.2, 0.25) is 0 Å². The van der Waals surface area contributed by atoms with E-state index in [2.05, 4.69) is 6.92 Å². The summed E-state index contributed by atoms with van der Waals surface area (Å²) in [5, 5.41) is 9.66. The number of benzene rings is 2. The number of aliphatic hydroxyl groups excluding tert-OH is 1. The van der Waals surface area contributed by atoms with Gasteiger partial charge in [0.05, 0.1) is 6.10 Å². The molecular weight excluding hydrogens is 240 g/mol. The van der Waals surface area contributed by atoms with Crippen LogP contribution < -0.4 is 0 Å². The van der Waals surface area contributed by atoms with Gasteiger partial charge in [0.25, 0.3) is 0 Å². The van der Waals surface area contributed by atoms with E-state index in [0.29, 0.717) is 22.3 Å². The van der Waals surface area contributed by atoms with E-state index in [1.807, 2.05) is 0 Å². The topological polar surface area (TPSA) is 54.4 Å².